The Labute approximate surface area is 136 Å². The Hall–Kier alpha value is -2.64. The Bertz CT molecular complexity index is 705. The van der Waals surface area contributed by atoms with Crippen molar-refractivity contribution in [2.45, 2.75) is 13.3 Å². The van der Waals surface area contributed by atoms with Crippen LogP contribution in [0.2, 0.25) is 0 Å². The summed E-state index contributed by atoms with van der Waals surface area (Å²) in [6.45, 7) is 3.83. The van der Waals surface area contributed by atoms with Crippen molar-refractivity contribution in [3.63, 3.8) is 0 Å². The molecule has 23 heavy (non-hydrogen) atoms. The van der Waals surface area contributed by atoms with Crippen molar-refractivity contribution in [2.75, 3.05) is 19.8 Å². The first-order chi connectivity index (χ1) is 11.3. The van der Waals surface area contributed by atoms with Gasteiger partial charge in [-0.1, -0.05) is 36.4 Å². The van der Waals surface area contributed by atoms with Gasteiger partial charge in [-0.3, -0.25) is 4.79 Å². The number of nitrogens with zero attached hydrogens (tertiary/aromatic N) is 1. The van der Waals surface area contributed by atoms with Gasteiger partial charge < -0.3 is 10.1 Å². The van der Waals surface area contributed by atoms with Crippen LogP contribution in [-0.2, 0) is 4.74 Å². The highest BCUT2D eigenvalue weighted by atomic mass is 16.5. The summed E-state index contributed by atoms with van der Waals surface area (Å²) in [5, 5.41) is 12.2. The monoisotopic (exact) mass is 308 g/mol. The van der Waals surface area contributed by atoms with Crippen molar-refractivity contribution in [3.05, 3.63) is 59.7 Å². The lowest BCUT2D eigenvalue weighted by molar-refractivity contribution is 0.0945. The second-order valence-corrected chi connectivity index (χ2v) is 5.01. The molecule has 0 heterocycles. The van der Waals surface area contributed by atoms with Crippen LogP contribution in [0.1, 0.15) is 29.3 Å². The van der Waals surface area contributed by atoms with Crippen LogP contribution in [-0.4, -0.2) is 25.7 Å². The molecule has 2 aromatic carbocycles. The first-order valence-corrected chi connectivity index (χ1v) is 7.72. The lowest BCUT2D eigenvalue weighted by Crippen LogP contribution is -2.25. The van der Waals surface area contributed by atoms with E-state index in [9.17, 15) is 10.1 Å². The third-order valence-electron chi connectivity index (χ3n) is 3.46. The summed E-state index contributed by atoms with van der Waals surface area (Å²) in [6.07, 6.45) is 0.774. The molecule has 2 aromatic rings. The van der Waals surface area contributed by atoms with E-state index in [1.165, 1.54) is 0 Å². The predicted octanol–water partition coefficient (Wildman–Crippen LogP) is 3.38. The normalized spacial score (nSPS) is 10.1. The van der Waals surface area contributed by atoms with Crippen molar-refractivity contribution in [1.82, 2.24) is 5.32 Å². The fourth-order valence-electron chi connectivity index (χ4n) is 2.35. The van der Waals surface area contributed by atoms with Crippen LogP contribution in [0.15, 0.2) is 48.5 Å². The van der Waals surface area contributed by atoms with Gasteiger partial charge in [-0.05, 0) is 31.0 Å². The number of benzene rings is 2. The largest absolute Gasteiger partial charge is 0.382 e. The highest BCUT2D eigenvalue weighted by molar-refractivity contribution is 6.01. The molecule has 4 nitrogen and oxygen atoms in total. The van der Waals surface area contributed by atoms with Crippen LogP contribution in [0.3, 0.4) is 0 Å². The summed E-state index contributed by atoms with van der Waals surface area (Å²) < 4.78 is 5.26. The zero-order valence-corrected chi connectivity index (χ0v) is 13.2. The van der Waals surface area contributed by atoms with Gasteiger partial charge in [0.05, 0.1) is 11.6 Å². The molecule has 1 amide bonds. The molecule has 0 saturated carbocycles. The van der Waals surface area contributed by atoms with E-state index in [-0.39, 0.29) is 5.91 Å². The highest BCUT2D eigenvalue weighted by Crippen LogP contribution is 2.26. The zero-order chi connectivity index (χ0) is 16.5. The molecule has 0 bridgehead atoms. The number of carbonyl (C=O) groups is 1. The number of nitriles is 1. The summed E-state index contributed by atoms with van der Waals surface area (Å²) in [4.78, 5) is 12.4. The highest BCUT2D eigenvalue weighted by Gasteiger charge is 2.14. The van der Waals surface area contributed by atoms with Crippen LogP contribution in [0.5, 0.6) is 0 Å². The van der Waals surface area contributed by atoms with E-state index in [4.69, 9.17) is 4.74 Å². The summed E-state index contributed by atoms with van der Waals surface area (Å²) in [5.74, 6) is -0.134. The minimum atomic E-state index is -0.134. The number of amides is 1. The molecule has 2 rings (SSSR count). The van der Waals surface area contributed by atoms with Crippen LogP contribution in [0, 0.1) is 11.3 Å². The number of carbonyl (C=O) groups excluding carboxylic acids is 1. The predicted molar refractivity (Wildman–Crippen MR) is 90.0 cm³/mol. The number of hydrogen-bond donors (Lipinski definition) is 1. The van der Waals surface area contributed by atoms with E-state index in [1.807, 2.05) is 43.3 Å². The molecule has 0 fully saturated rings. The third kappa shape index (κ3) is 4.41. The number of nitrogens with one attached hydrogen (secondary N) is 1. The minimum Gasteiger partial charge on any atom is -0.382 e. The molecule has 4 heteroatoms. The number of ether oxygens (including phenoxy) is 1. The quantitative estimate of drug-likeness (QED) is 0.798. The van der Waals surface area contributed by atoms with Crippen LogP contribution >= 0.6 is 0 Å². The molecule has 0 aliphatic rings. The summed E-state index contributed by atoms with van der Waals surface area (Å²) in [5.41, 5.74) is 2.68. The van der Waals surface area contributed by atoms with E-state index in [0.717, 1.165) is 17.5 Å². The minimum absolute atomic E-state index is 0.134. The van der Waals surface area contributed by atoms with Crippen molar-refractivity contribution < 1.29 is 9.53 Å². The van der Waals surface area contributed by atoms with Gasteiger partial charge in [-0.15, -0.1) is 0 Å². The van der Waals surface area contributed by atoms with Gasteiger partial charge >= 0.3 is 0 Å². The SMILES string of the molecule is CCOCCCNC(=O)c1ccccc1-c1ccccc1C#N. The van der Waals surface area contributed by atoms with E-state index in [1.54, 1.807) is 12.1 Å². The third-order valence-corrected chi connectivity index (χ3v) is 3.46. The van der Waals surface area contributed by atoms with Gasteiger partial charge in [0.1, 0.15) is 0 Å². The van der Waals surface area contributed by atoms with Gasteiger partial charge in [0.15, 0.2) is 0 Å². The standard InChI is InChI=1S/C19H20N2O2/c1-2-23-13-7-12-21-19(22)18-11-6-5-10-17(18)16-9-4-3-8-15(16)14-20/h3-6,8-11H,2,7,12-13H2,1H3,(H,21,22). The van der Waals surface area contributed by atoms with Crippen LogP contribution < -0.4 is 5.32 Å². The molecule has 118 valence electrons. The van der Waals surface area contributed by atoms with E-state index >= 15 is 0 Å². The molecule has 0 spiro atoms. The van der Waals surface area contributed by atoms with E-state index < -0.39 is 0 Å². The Morgan fingerprint density at radius 1 is 1.13 bits per heavy atom. The van der Waals surface area contributed by atoms with Gasteiger partial charge in [-0.25, -0.2) is 0 Å². The second kappa shape index (κ2) is 8.72. The maximum absolute atomic E-state index is 12.4. The molecular weight excluding hydrogens is 288 g/mol. The molecule has 0 aliphatic heterocycles. The molecule has 0 aromatic heterocycles. The molecule has 0 saturated heterocycles. The average Bonchev–Trinajstić information content (AvgIpc) is 2.61. The first kappa shape index (κ1) is 16.7. The smallest absolute Gasteiger partial charge is 0.251 e. The second-order valence-electron chi connectivity index (χ2n) is 5.01. The number of hydrogen-bond acceptors (Lipinski definition) is 3. The fraction of sp³-hybridized carbons (Fsp3) is 0.263. The van der Waals surface area contributed by atoms with Gasteiger partial charge in [0.25, 0.3) is 5.91 Å². The first-order valence-electron chi connectivity index (χ1n) is 7.72. The Balaban J connectivity index is 2.18. The van der Waals surface area contributed by atoms with Gasteiger partial charge in [-0.2, -0.15) is 5.26 Å². The summed E-state index contributed by atoms with van der Waals surface area (Å²) >= 11 is 0. The van der Waals surface area contributed by atoms with Crippen LogP contribution in [0.4, 0.5) is 0 Å². The van der Waals surface area contributed by atoms with Crippen molar-refractivity contribution in [3.8, 4) is 17.2 Å². The topological polar surface area (TPSA) is 62.1 Å². The van der Waals surface area contributed by atoms with E-state index in [2.05, 4.69) is 11.4 Å². The molecule has 0 radical (unpaired) electrons. The molecule has 0 atom stereocenters. The Kier molecular flexibility index (Phi) is 6.34. The van der Waals surface area contributed by atoms with Crippen molar-refractivity contribution in [2.24, 2.45) is 0 Å². The van der Waals surface area contributed by atoms with Gasteiger partial charge in [0, 0.05) is 30.9 Å². The molecule has 0 aliphatic carbocycles. The maximum Gasteiger partial charge on any atom is 0.251 e. The lowest BCUT2D eigenvalue weighted by atomic mass is 9.95. The van der Waals surface area contributed by atoms with Crippen molar-refractivity contribution >= 4 is 5.91 Å². The lowest BCUT2D eigenvalue weighted by Gasteiger charge is -2.11. The maximum atomic E-state index is 12.4. The Morgan fingerprint density at radius 2 is 1.83 bits per heavy atom. The molecule has 0 unspecified atom stereocenters. The van der Waals surface area contributed by atoms with Gasteiger partial charge in [0.2, 0.25) is 0 Å². The molecule has 1 N–H and O–H groups in total. The average molecular weight is 308 g/mol. The van der Waals surface area contributed by atoms with E-state index in [0.29, 0.717) is 30.9 Å². The van der Waals surface area contributed by atoms with Crippen LogP contribution in [0.25, 0.3) is 11.1 Å². The number of rotatable bonds is 7. The summed E-state index contributed by atoms with van der Waals surface area (Å²) in [7, 11) is 0. The summed E-state index contributed by atoms with van der Waals surface area (Å²) in [6, 6.07) is 16.8. The van der Waals surface area contributed by atoms with Crippen molar-refractivity contribution in [1.29, 1.82) is 5.26 Å². The fourth-order valence-corrected chi connectivity index (χ4v) is 2.35. The Morgan fingerprint density at radius 3 is 2.57 bits per heavy atom. The molecular formula is C19H20N2O2. The zero-order valence-electron chi connectivity index (χ0n) is 13.2.